The van der Waals surface area contributed by atoms with Gasteiger partial charge in [0.05, 0.1) is 34.2 Å². The largest absolute Gasteiger partial charge is 0.494 e. The molecule has 0 radical (unpaired) electrons. The Hall–Kier alpha value is -3.00. The fraction of sp³-hybridized carbons (Fsp3) is 0.391. The average molecular weight is 438 g/mol. The van der Waals surface area contributed by atoms with Gasteiger partial charge in [-0.1, -0.05) is 13.3 Å². The molecular formula is C23H27N5O2S. The van der Waals surface area contributed by atoms with Crippen molar-refractivity contribution in [2.45, 2.75) is 44.9 Å². The lowest BCUT2D eigenvalue weighted by Crippen LogP contribution is -2.12. The number of thiazole rings is 1. The van der Waals surface area contributed by atoms with Crippen molar-refractivity contribution in [1.29, 1.82) is 0 Å². The second kappa shape index (κ2) is 8.26. The molecule has 1 aromatic carbocycles. The zero-order valence-corrected chi connectivity index (χ0v) is 18.5. The zero-order valence-electron chi connectivity index (χ0n) is 17.7. The van der Waals surface area contributed by atoms with Crippen LogP contribution in [-0.2, 0) is 0 Å². The summed E-state index contributed by atoms with van der Waals surface area (Å²) >= 11 is 1.73. The molecule has 5 rings (SSSR count). The number of nitrogens with one attached hydrogen (secondary N) is 1. The normalized spacial score (nSPS) is 19.0. The van der Waals surface area contributed by atoms with Crippen LogP contribution in [0.2, 0.25) is 0 Å². The Morgan fingerprint density at radius 1 is 1.32 bits per heavy atom. The first-order valence-electron chi connectivity index (χ1n) is 10.7. The van der Waals surface area contributed by atoms with Gasteiger partial charge in [0.1, 0.15) is 11.3 Å². The molecule has 4 aromatic rings. The first kappa shape index (κ1) is 19.9. The Morgan fingerprint density at radius 2 is 2.16 bits per heavy atom. The molecule has 1 saturated carbocycles. The van der Waals surface area contributed by atoms with Crippen LogP contribution in [0.15, 0.2) is 36.8 Å². The Balaban J connectivity index is 0.00000245. The summed E-state index contributed by atoms with van der Waals surface area (Å²) < 4.78 is 8.19. The maximum atomic E-state index is 12.9. The smallest absolute Gasteiger partial charge is 0.261 e. The number of carbonyl (C=O) groups is 1. The van der Waals surface area contributed by atoms with Gasteiger partial charge >= 0.3 is 0 Å². The summed E-state index contributed by atoms with van der Waals surface area (Å²) in [4.78, 5) is 22.1. The van der Waals surface area contributed by atoms with E-state index in [-0.39, 0.29) is 7.33 Å². The van der Waals surface area contributed by atoms with Gasteiger partial charge in [-0.25, -0.2) is 14.5 Å². The lowest BCUT2D eigenvalue weighted by atomic mass is 9.81. The van der Waals surface area contributed by atoms with Gasteiger partial charge in [-0.3, -0.25) is 4.79 Å². The zero-order chi connectivity index (χ0) is 21.4. The number of fused-ring (bicyclic) bond motifs is 2. The van der Waals surface area contributed by atoms with Crippen molar-refractivity contribution in [2.75, 3.05) is 12.4 Å². The van der Waals surface area contributed by atoms with Crippen LogP contribution >= 0.6 is 11.3 Å². The number of anilines is 1. The quantitative estimate of drug-likeness (QED) is 0.444. The van der Waals surface area contributed by atoms with Crippen molar-refractivity contribution in [3.63, 3.8) is 0 Å². The van der Waals surface area contributed by atoms with Crippen molar-refractivity contribution in [3.8, 4) is 5.75 Å². The van der Waals surface area contributed by atoms with Crippen molar-refractivity contribution in [2.24, 2.45) is 5.92 Å². The number of ether oxygens (including phenoxy) is 1. The molecule has 1 fully saturated rings. The summed E-state index contributed by atoms with van der Waals surface area (Å²) in [5, 5.41) is 8.36. The number of benzene rings is 1. The van der Waals surface area contributed by atoms with Crippen LogP contribution in [0, 0.1) is 5.92 Å². The van der Waals surface area contributed by atoms with Gasteiger partial charge in [0.25, 0.3) is 5.91 Å². The molecule has 0 unspecified atom stereocenters. The Labute approximate surface area is 186 Å². The standard InChI is InChI=1S/C23H25N5O2S.H2/c1-3-14-5-7-15(8-6-14)23-27-18-11-19(30-2)17(12-20(18)31-23)26-22(29)16-13-25-28-10-4-9-24-21(16)28;/h4,9-15H,3,5-8H2,1-2H3,(H,26,29);1H. The number of amides is 1. The highest BCUT2D eigenvalue weighted by molar-refractivity contribution is 7.18. The fourth-order valence-electron chi connectivity index (χ4n) is 4.41. The average Bonchev–Trinajstić information content (AvgIpc) is 3.42. The predicted molar refractivity (Wildman–Crippen MR) is 124 cm³/mol. The Bertz CT molecular complexity index is 1250. The van der Waals surface area contributed by atoms with Crippen molar-refractivity contribution in [1.82, 2.24) is 19.6 Å². The molecule has 0 atom stereocenters. The molecule has 0 aliphatic heterocycles. The van der Waals surface area contributed by atoms with Crippen molar-refractivity contribution < 1.29 is 11.0 Å². The molecule has 3 aromatic heterocycles. The van der Waals surface area contributed by atoms with Gasteiger partial charge in [-0.2, -0.15) is 5.10 Å². The molecular weight excluding hydrogens is 410 g/mol. The number of rotatable bonds is 5. The number of aromatic nitrogens is 4. The first-order valence-corrected chi connectivity index (χ1v) is 11.6. The van der Waals surface area contributed by atoms with Crippen molar-refractivity contribution in [3.05, 3.63) is 47.4 Å². The molecule has 0 spiro atoms. The maximum absolute atomic E-state index is 12.9. The SMILES string of the molecule is CCC1CCC(c2nc3cc(OC)c(NC(=O)c4cnn5cccnc45)cc3s2)CC1.[HH]. The first-order chi connectivity index (χ1) is 15.2. The third-order valence-corrected chi connectivity index (χ3v) is 7.45. The summed E-state index contributed by atoms with van der Waals surface area (Å²) in [6.45, 7) is 2.29. The van der Waals surface area contributed by atoms with Crippen LogP contribution in [0.4, 0.5) is 5.69 Å². The van der Waals surface area contributed by atoms with E-state index < -0.39 is 0 Å². The third-order valence-electron chi connectivity index (χ3n) is 6.27. The Kier molecular flexibility index (Phi) is 5.31. The number of nitrogens with zero attached hydrogens (tertiary/aromatic N) is 4. The maximum Gasteiger partial charge on any atom is 0.261 e. The van der Waals surface area contributed by atoms with Crippen LogP contribution in [0.5, 0.6) is 5.75 Å². The minimum Gasteiger partial charge on any atom is -0.494 e. The van der Waals surface area contributed by atoms with Gasteiger partial charge in [-0.05, 0) is 43.7 Å². The van der Waals surface area contributed by atoms with Crippen molar-refractivity contribution >= 4 is 38.8 Å². The van der Waals surface area contributed by atoms with Gasteiger partial charge < -0.3 is 10.1 Å². The lowest BCUT2D eigenvalue weighted by molar-refractivity contribution is 0.102. The highest BCUT2D eigenvalue weighted by atomic mass is 32.1. The van der Waals surface area contributed by atoms with Crippen LogP contribution in [0.3, 0.4) is 0 Å². The van der Waals surface area contributed by atoms with Gasteiger partial charge in [0.2, 0.25) is 0 Å². The fourth-order valence-corrected chi connectivity index (χ4v) is 5.57. The number of hydrogen-bond donors (Lipinski definition) is 1. The number of methoxy groups -OCH3 is 1. The lowest BCUT2D eigenvalue weighted by Gasteiger charge is -2.26. The van der Waals surface area contributed by atoms with E-state index >= 15 is 0 Å². The van der Waals surface area contributed by atoms with Gasteiger partial charge in [-0.15, -0.1) is 11.3 Å². The number of carbonyl (C=O) groups excluding carboxylic acids is 1. The molecule has 31 heavy (non-hydrogen) atoms. The van der Waals surface area contributed by atoms with E-state index in [9.17, 15) is 4.79 Å². The molecule has 1 aliphatic carbocycles. The number of hydrogen-bond acceptors (Lipinski definition) is 6. The van der Waals surface area contributed by atoms with E-state index in [1.54, 1.807) is 41.4 Å². The molecule has 3 heterocycles. The van der Waals surface area contributed by atoms with Gasteiger partial charge in [0.15, 0.2) is 5.65 Å². The second-order valence-electron chi connectivity index (χ2n) is 8.10. The topological polar surface area (TPSA) is 81.4 Å². The summed E-state index contributed by atoms with van der Waals surface area (Å²) in [5.74, 6) is 1.72. The Morgan fingerprint density at radius 3 is 2.94 bits per heavy atom. The minimum absolute atomic E-state index is 0. The molecule has 1 amide bonds. The van der Waals surface area contributed by atoms with E-state index in [1.165, 1.54) is 43.3 Å². The minimum atomic E-state index is -0.269. The van der Waals surface area contributed by atoms with E-state index in [2.05, 4.69) is 22.3 Å². The highest BCUT2D eigenvalue weighted by Crippen LogP contribution is 2.41. The molecule has 0 saturated heterocycles. The predicted octanol–water partition coefficient (Wildman–Crippen LogP) is 5.53. The van der Waals surface area contributed by atoms with Crippen LogP contribution in [0.25, 0.3) is 15.9 Å². The van der Waals surface area contributed by atoms with E-state index in [4.69, 9.17) is 9.72 Å². The monoisotopic (exact) mass is 437 g/mol. The summed E-state index contributed by atoms with van der Waals surface area (Å²) in [6, 6.07) is 5.65. The van der Waals surface area contributed by atoms with Crippen LogP contribution in [0.1, 0.15) is 61.7 Å². The van der Waals surface area contributed by atoms with Crippen LogP contribution < -0.4 is 10.1 Å². The molecule has 162 valence electrons. The van der Waals surface area contributed by atoms with E-state index in [0.717, 1.165) is 16.1 Å². The summed E-state index contributed by atoms with van der Waals surface area (Å²) in [5.41, 5.74) is 2.48. The molecule has 1 aliphatic rings. The van der Waals surface area contributed by atoms with E-state index in [0.29, 0.717) is 28.6 Å². The van der Waals surface area contributed by atoms with Gasteiger partial charge in [0, 0.05) is 25.8 Å². The molecule has 8 heteroatoms. The highest BCUT2D eigenvalue weighted by Gasteiger charge is 2.24. The molecule has 7 nitrogen and oxygen atoms in total. The summed E-state index contributed by atoms with van der Waals surface area (Å²) in [6.07, 6.45) is 11.2. The summed E-state index contributed by atoms with van der Waals surface area (Å²) in [7, 11) is 1.60. The second-order valence-corrected chi connectivity index (χ2v) is 9.16. The third kappa shape index (κ3) is 3.76. The van der Waals surface area contributed by atoms with E-state index in [1.807, 2.05) is 12.1 Å². The molecule has 1 N–H and O–H groups in total. The molecule has 0 bridgehead atoms. The van der Waals surface area contributed by atoms with Crippen LogP contribution in [-0.4, -0.2) is 32.6 Å².